The second-order valence-electron chi connectivity index (χ2n) is 11.5. The standard InChI is InChI=1S/C38H35BrN2O6S/c1-6-45-37(43)34-23(4)40-38-41(35(34)28-14-16-31(47-22(2)3)32(20-28)44-5)36(42)33(48-38)19-24-12-15-30(29(39)18-24)46-21-25-11-13-26-9-7-8-10-27(26)17-25/h7-20,22,35H,6,21H2,1-5H3/b33-19-/t35-/m1/s1. The molecule has 0 fully saturated rings. The summed E-state index contributed by atoms with van der Waals surface area (Å²) in [4.78, 5) is 32.6. The molecule has 1 aromatic heterocycles. The largest absolute Gasteiger partial charge is 0.493 e. The molecule has 0 radical (unpaired) electrons. The van der Waals surface area contributed by atoms with Crippen LogP contribution in [-0.2, 0) is 16.1 Å². The summed E-state index contributed by atoms with van der Waals surface area (Å²) in [6.45, 7) is 7.98. The Balaban J connectivity index is 1.35. The molecular formula is C38H35BrN2O6S. The molecule has 0 bridgehead atoms. The topological polar surface area (TPSA) is 88.4 Å². The molecule has 0 amide bonds. The Labute approximate surface area is 290 Å². The number of esters is 1. The molecule has 0 aliphatic carbocycles. The molecule has 1 atom stereocenters. The summed E-state index contributed by atoms with van der Waals surface area (Å²) in [5, 5.41) is 2.35. The molecule has 1 aliphatic heterocycles. The first-order chi connectivity index (χ1) is 23.2. The van der Waals surface area contributed by atoms with E-state index in [2.05, 4.69) is 51.3 Å². The SMILES string of the molecule is CCOC(=O)C1=C(C)N=c2s/c(=C\c3ccc(OCc4ccc5ccccc5c4)c(Br)c3)c(=O)n2[C@@H]1c1ccc(OC(C)C)c(OC)c1. The van der Waals surface area contributed by atoms with E-state index in [9.17, 15) is 9.59 Å². The van der Waals surface area contributed by atoms with Crippen molar-refractivity contribution in [1.82, 2.24) is 4.57 Å². The average Bonchev–Trinajstić information content (AvgIpc) is 3.37. The Kier molecular flexibility index (Phi) is 9.84. The van der Waals surface area contributed by atoms with Crippen molar-refractivity contribution in [3.63, 3.8) is 0 Å². The number of allylic oxidation sites excluding steroid dienone is 1. The lowest BCUT2D eigenvalue weighted by Crippen LogP contribution is -2.40. The molecule has 5 aromatic rings. The monoisotopic (exact) mass is 726 g/mol. The van der Waals surface area contributed by atoms with Crippen LogP contribution in [0.4, 0.5) is 0 Å². The van der Waals surface area contributed by atoms with Crippen LogP contribution in [0.5, 0.6) is 17.2 Å². The lowest BCUT2D eigenvalue weighted by atomic mass is 9.95. The highest BCUT2D eigenvalue weighted by Crippen LogP contribution is 2.36. The summed E-state index contributed by atoms with van der Waals surface area (Å²) in [5.41, 5.74) is 3.06. The third-order valence-corrected chi connectivity index (χ3v) is 9.45. The lowest BCUT2D eigenvalue weighted by Gasteiger charge is -2.25. The van der Waals surface area contributed by atoms with Gasteiger partial charge >= 0.3 is 5.97 Å². The zero-order valence-corrected chi connectivity index (χ0v) is 29.7. The van der Waals surface area contributed by atoms with Crippen LogP contribution in [0, 0.1) is 0 Å². The van der Waals surface area contributed by atoms with Crippen LogP contribution in [0.1, 0.15) is 50.4 Å². The van der Waals surface area contributed by atoms with Gasteiger partial charge in [0.15, 0.2) is 16.3 Å². The van der Waals surface area contributed by atoms with Crippen LogP contribution in [-0.4, -0.2) is 30.4 Å². The molecule has 1 aliphatic rings. The lowest BCUT2D eigenvalue weighted by molar-refractivity contribution is -0.139. The van der Waals surface area contributed by atoms with Gasteiger partial charge in [0, 0.05) is 0 Å². The van der Waals surface area contributed by atoms with E-state index in [4.69, 9.17) is 18.9 Å². The van der Waals surface area contributed by atoms with E-state index in [1.54, 1.807) is 37.7 Å². The predicted molar refractivity (Wildman–Crippen MR) is 192 cm³/mol. The van der Waals surface area contributed by atoms with Crippen molar-refractivity contribution < 1.29 is 23.7 Å². The van der Waals surface area contributed by atoms with Crippen LogP contribution in [0.2, 0.25) is 0 Å². The average molecular weight is 728 g/mol. The second kappa shape index (κ2) is 14.2. The van der Waals surface area contributed by atoms with Gasteiger partial charge in [0.1, 0.15) is 12.4 Å². The Morgan fingerprint density at radius 2 is 1.77 bits per heavy atom. The van der Waals surface area contributed by atoms with E-state index in [1.165, 1.54) is 16.7 Å². The van der Waals surface area contributed by atoms with E-state index in [0.29, 0.717) is 50.0 Å². The number of methoxy groups -OCH3 is 1. The highest BCUT2D eigenvalue weighted by atomic mass is 79.9. The molecule has 8 nitrogen and oxygen atoms in total. The first-order valence-corrected chi connectivity index (χ1v) is 17.2. The first kappa shape index (κ1) is 33.2. The summed E-state index contributed by atoms with van der Waals surface area (Å²) in [6.07, 6.45) is 1.76. The van der Waals surface area contributed by atoms with E-state index < -0.39 is 12.0 Å². The maximum atomic E-state index is 14.1. The number of thiazole rings is 1. The van der Waals surface area contributed by atoms with Gasteiger partial charge in [-0.1, -0.05) is 59.9 Å². The fourth-order valence-electron chi connectivity index (χ4n) is 5.68. The highest BCUT2D eigenvalue weighted by Gasteiger charge is 2.34. The van der Waals surface area contributed by atoms with E-state index in [0.717, 1.165) is 21.0 Å². The van der Waals surface area contributed by atoms with Gasteiger partial charge in [-0.05, 0) is 107 Å². The fraction of sp³-hybridized carbons (Fsp3) is 0.237. The van der Waals surface area contributed by atoms with Crippen molar-refractivity contribution in [3.05, 3.63) is 131 Å². The van der Waals surface area contributed by atoms with Crippen molar-refractivity contribution in [2.75, 3.05) is 13.7 Å². The molecule has 0 saturated carbocycles. The Morgan fingerprint density at radius 1 is 1.00 bits per heavy atom. The van der Waals surface area contributed by atoms with Gasteiger partial charge < -0.3 is 18.9 Å². The van der Waals surface area contributed by atoms with E-state index in [1.807, 2.05) is 56.3 Å². The molecule has 0 N–H and O–H groups in total. The molecule has 246 valence electrons. The van der Waals surface area contributed by atoms with E-state index in [-0.39, 0.29) is 18.3 Å². The molecule has 4 aromatic carbocycles. The maximum Gasteiger partial charge on any atom is 0.338 e. The molecule has 0 saturated heterocycles. The number of hydrogen-bond acceptors (Lipinski definition) is 8. The number of ether oxygens (including phenoxy) is 4. The summed E-state index contributed by atoms with van der Waals surface area (Å²) < 4.78 is 25.9. The third kappa shape index (κ3) is 6.81. The number of nitrogens with zero attached hydrogens (tertiary/aromatic N) is 2. The van der Waals surface area contributed by atoms with Gasteiger partial charge in [-0.15, -0.1) is 0 Å². The zero-order chi connectivity index (χ0) is 33.9. The van der Waals surface area contributed by atoms with Gasteiger partial charge in [-0.2, -0.15) is 0 Å². The summed E-state index contributed by atoms with van der Waals surface area (Å²) in [6, 6.07) is 24.9. The summed E-state index contributed by atoms with van der Waals surface area (Å²) in [7, 11) is 1.56. The van der Waals surface area contributed by atoms with Crippen molar-refractivity contribution in [2.24, 2.45) is 4.99 Å². The Bertz CT molecular complexity index is 2240. The van der Waals surface area contributed by atoms with Crippen LogP contribution < -0.4 is 29.1 Å². The van der Waals surface area contributed by atoms with Crippen molar-refractivity contribution in [3.8, 4) is 17.2 Å². The molecule has 0 spiro atoms. The highest BCUT2D eigenvalue weighted by molar-refractivity contribution is 9.10. The van der Waals surface area contributed by atoms with E-state index >= 15 is 0 Å². The van der Waals surface area contributed by atoms with Crippen molar-refractivity contribution >= 4 is 50.1 Å². The van der Waals surface area contributed by atoms with Crippen LogP contribution >= 0.6 is 27.3 Å². The smallest absolute Gasteiger partial charge is 0.338 e. The summed E-state index contributed by atoms with van der Waals surface area (Å²) >= 11 is 4.91. The molecule has 2 heterocycles. The molecule has 6 rings (SSSR count). The second-order valence-corrected chi connectivity index (χ2v) is 13.4. The number of carbonyl (C=O) groups excluding carboxylic acids is 1. The van der Waals surface area contributed by atoms with Gasteiger partial charge in [0.05, 0.1) is 46.1 Å². The molecule has 48 heavy (non-hydrogen) atoms. The quantitative estimate of drug-likeness (QED) is 0.143. The minimum absolute atomic E-state index is 0.0649. The van der Waals surface area contributed by atoms with Gasteiger partial charge in [-0.3, -0.25) is 9.36 Å². The van der Waals surface area contributed by atoms with Gasteiger partial charge in [0.25, 0.3) is 5.56 Å². The predicted octanol–water partition coefficient (Wildman–Crippen LogP) is 7.09. The number of rotatable bonds is 10. The van der Waals surface area contributed by atoms with Crippen molar-refractivity contribution in [1.29, 1.82) is 0 Å². The van der Waals surface area contributed by atoms with Crippen molar-refractivity contribution in [2.45, 2.75) is 46.4 Å². The van der Waals surface area contributed by atoms with Crippen LogP contribution in [0.3, 0.4) is 0 Å². The Morgan fingerprint density at radius 3 is 2.50 bits per heavy atom. The fourth-order valence-corrected chi connectivity index (χ4v) is 7.23. The molecular weight excluding hydrogens is 692 g/mol. The van der Waals surface area contributed by atoms with Gasteiger partial charge in [-0.25, -0.2) is 9.79 Å². The maximum absolute atomic E-state index is 14.1. The molecule has 10 heteroatoms. The number of hydrogen-bond donors (Lipinski definition) is 0. The first-order valence-electron chi connectivity index (χ1n) is 15.6. The molecule has 0 unspecified atom stereocenters. The number of carbonyl (C=O) groups is 1. The zero-order valence-electron chi connectivity index (χ0n) is 27.3. The summed E-state index contributed by atoms with van der Waals surface area (Å²) in [5.74, 6) is 1.23. The third-order valence-electron chi connectivity index (χ3n) is 7.85. The Hall–Kier alpha value is -4.67. The van der Waals surface area contributed by atoms with Crippen LogP contribution in [0.15, 0.2) is 104 Å². The number of halogens is 1. The van der Waals surface area contributed by atoms with Crippen LogP contribution in [0.25, 0.3) is 16.8 Å². The normalized spacial score (nSPS) is 14.6. The number of aromatic nitrogens is 1. The minimum atomic E-state index is -0.776. The number of benzene rings is 4. The number of fused-ring (bicyclic) bond motifs is 2. The minimum Gasteiger partial charge on any atom is -0.493 e. The van der Waals surface area contributed by atoms with Gasteiger partial charge in [0.2, 0.25) is 0 Å².